The first-order valence-corrected chi connectivity index (χ1v) is 11.1. The Kier molecular flexibility index (Phi) is 10.5. The fourth-order valence-electron chi connectivity index (χ4n) is 4.22. The van der Waals surface area contributed by atoms with Crippen molar-refractivity contribution in [3.05, 3.63) is 0 Å². The third-order valence-electron chi connectivity index (χ3n) is 5.66. The van der Waals surface area contributed by atoms with Crippen LogP contribution in [0.5, 0.6) is 0 Å². The van der Waals surface area contributed by atoms with Gasteiger partial charge in [0, 0.05) is 52.0 Å². The first-order chi connectivity index (χ1) is 13.1. The van der Waals surface area contributed by atoms with Crippen LogP contribution in [-0.4, -0.2) is 74.6 Å². The van der Waals surface area contributed by atoms with Crippen LogP contribution in [0.1, 0.15) is 52.9 Å². The number of guanidine groups is 1. The molecule has 2 aliphatic rings. The van der Waals surface area contributed by atoms with Gasteiger partial charge in [0.05, 0.1) is 6.61 Å². The SMILES string of the molecule is CCNC(=NCC(CCO)CC(C)C)NC1CCN(CC2CCOC2)CC1. The van der Waals surface area contributed by atoms with Gasteiger partial charge in [0.25, 0.3) is 0 Å². The summed E-state index contributed by atoms with van der Waals surface area (Å²) in [6.07, 6.45) is 5.52. The molecule has 0 aromatic rings. The number of nitrogens with zero attached hydrogens (tertiary/aromatic N) is 2. The van der Waals surface area contributed by atoms with Crippen LogP contribution in [0.3, 0.4) is 0 Å². The van der Waals surface area contributed by atoms with Crippen LogP contribution in [-0.2, 0) is 4.74 Å². The van der Waals surface area contributed by atoms with Crippen LogP contribution in [0, 0.1) is 17.8 Å². The molecule has 2 heterocycles. The third kappa shape index (κ3) is 8.79. The summed E-state index contributed by atoms with van der Waals surface area (Å²) >= 11 is 0. The first-order valence-electron chi connectivity index (χ1n) is 11.1. The molecule has 6 heteroatoms. The minimum Gasteiger partial charge on any atom is -0.396 e. The van der Waals surface area contributed by atoms with Gasteiger partial charge in [0.1, 0.15) is 0 Å². The Balaban J connectivity index is 1.77. The maximum Gasteiger partial charge on any atom is 0.191 e. The normalized spacial score (nSPS) is 23.7. The fraction of sp³-hybridized carbons (Fsp3) is 0.952. The van der Waals surface area contributed by atoms with E-state index in [4.69, 9.17) is 9.73 Å². The Hall–Kier alpha value is -0.850. The Bertz CT molecular complexity index is 416. The summed E-state index contributed by atoms with van der Waals surface area (Å²) in [5.41, 5.74) is 0. The van der Waals surface area contributed by atoms with E-state index in [1.54, 1.807) is 0 Å². The van der Waals surface area contributed by atoms with Crippen molar-refractivity contribution in [1.29, 1.82) is 0 Å². The van der Waals surface area contributed by atoms with E-state index in [0.29, 0.717) is 17.9 Å². The minimum atomic E-state index is 0.251. The molecule has 0 bridgehead atoms. The van der Waals surface area contributed by atoms with Crippen LogP contribution in [0.4, 0.5) is 0 Å². The lowest BCUT2D eigenvalue weighted by molar-refractivity contribution is 0.150. The van der Waals surface area contributed by atoms with Gasteiger partial charge in [-0.25, -0.2) is 0 Å². The highest BCUT2D eigenvalue weighted by molar-refractivity contribution is 5.80. The molecule has 2 fully saturated rings. The number of hydrogen-bond acceptors (Lipinski definition) is 4. The molecule has 27 heavy (non-hydrogen) atoms. The molecule has 0 radical (unpaired) electrons. The molecule has 0 aromatic heterocycles. The summed E-state index contributed by atoms with van der Waals surface area (Å²) in [4.78, 5) is 7.43. The van der Waals surface area contributed by atoms with Crippen molar-refractivity contribution in [3.63, 3.8) is 0 Å². The highest BCUT2D eigenvalue weighted by Crippen LogP contribution is 2.18. The highest BCUT2D eigenvalue weighted by Gasteiger charge is 2.24. The molecule has 6 nitrogen and oxygen atoms in total. The van der Waals surface area contributed by atoms with Crippen LogP contribution in [0.2, 0.25) is 0 Å². The van der Waals surface area contributed by atoms with E-state index < -0.39 is 0 Å². The molecule has 2 atom stereocenters. The van der Waals surface area contributed by atoms with E-state index in [9.17, 15) is 5.11 Å². The van der Waals surface area contributed by atoms with E-state index in [2.05, 4.69) is 36.3 Å². The molecule has 2 saturated heterocycles. The molecule has 0 aromatic carbocycles. The van der Waals surface area contributed by atoms with Crippen molar-refractivity contribution < 1.29 is 9.84 Å². The monoisotopic (exact) mass is 382 g/mol. The topological polar surface area (TPSA) is 69.1 Å². The Morgan fingerprint density at radius 2 is 2.04 bits per heavy atom. The number of hydrogen-bond donors (Lipinski definition) is 3. The van der Waals surface area contributed by atoms with Crippen LogP contribution in [0.15, 0.2) is 4.99 Å². The van der Waals surface area contributed by atoms with Crippen LogP contribution < -0.4 is 10.6 Å². The average Bonchev–Trinajstić information content (AvgIpc) is 3.14. The lowest BCUT2D eigenvalue weighted by atomic mass is 9.94. The van der Waals surface area contributed by atoms with Crippen molar-refractivity contribution >= 4 is 5.96 Å². The zero-order valence-electron chi connectivity index (χ0n) is 17.8. The van der Waals surface area contributed by atoms with Gasteiger partial charge in [-0.15, -0.1) is 0 Å². The van der Waals surface area contributed by atoms with Gasteiger partial charge in [-0.2, -0.15) is 0 Å². The van der Waals surface area contributed by atoms with Crippen LogP contribution >= 0.6 is 0 Å². The lowest BCUT2D eigenvalue weighted by Gasteiger charge is -2.34. The average molecular weight is 383 g/mol. The van der Waals surface area contributed by atoms with E-state index in [-0.39, 0.29) is 6.61 Å². The number of nitrogens with one attached hydrogen (secondary N) is 2. The standard InChI is InChI=1S/C21H42N4O2/c1-4-22-21(23-14-18(7-11-26)13-17(2)3)24-20-5-9-25(10-6-20)15-19-8-12-27-16-19/h17-20,26H,4-16H2,1-3H3,(H2,22,23,24). The number of aliphatic hydroxyl groups excluding tert-OH is 1. The van der Waals surface area contributed by atoms with Gasteiger partial charge >= 0.3 is 0 Å². The molecule has 0 saturated carbocycles. The quantitative estimate of drug-likeness (QED) is 0.399. The number of aliphatic hydroxyl groups is 1. The summed E-state index contributed by atoms with van der Waals surface area (Å²) in [7, 11) is 0. The Morgan fingerprint density at radius 3 is 2.63 bits per heavy atom. The lowest BCUT2D eigenvalue weighted by Crippen LogP contribution is -2.49. The Morgan fingerprint density at radius 1 is 1.26 bits per heavy atom. The number of ether oxygens (including phenoxy) is 1. The van der Waals surface area contributed by atoms with Crippen molar-refractivity contribution in [3.8, 4) is 0 Å². The van der Waals surface area contributed by atoms with Crippen molar-refractivity contribution in [2.24, 2.45) is 22.7 Å². The summed E-state index contributed by atoms with van der Waals surface area (Å²) in [5, 5.41) is 16.4. The second-order valence-corrected chi connectivity index (χ2v) is 8.68. The molecule has 2 unspecified atom stereocenters. The van der Waals surface area contributed by atoms with Gasteiger partial charge in [0.15, 0.2) is 5.96 Å². The summed E-state index contributed by atoms with van der Waals surface area (Å²) < 4.78 is 5.51. The predicted molar refractivity (Wildman–Crippen MR) is 112 cm³/mol. The number of rotatable bonds is 10. The zero-order valence-corrected chi connectivity index (χ0v) is 17.8. The minimum absolute atomic E-state index is 0.251. The van der Waals surface area contributed by atoms with Crippen molar-refractivity contribution in [2.75, 3.05) is 52.5 Å². The van der Waals surface area contributed by atoms with Crippen LogP contribution in [0.25, 0.3) is 0 Å². The summed E-state index contributed by atoms with van der Waals surface area (Å²) in [6.45, 7) is 13.9. The molecule has 0 amide bonds. The molecule has 3 N–H and O–H groups in total. The van der Waals surface area contributed by atoms with Gasteiger partial charge < -0.3 is 25.4 Å². The smallest absolute Gasteiger partial charge is 0.191 e. The van der Waals surface area contributed by atoms with Crippen molar-refractivity contribution in [2.45, 2.75) is 58.9 Å². The highest BCUT2D eigenvalue weighted by atomic mass is 16.5. The second kappa shape index (κ2) is 12.6. The number of piperidine rings is 1. The van der Waals surface area contributed by atoms with Gasteiger partial charge in [-0.3, -0.25) is 4.99 Å². The van der Waals surface area contributed by atoms with Crippen molar-refractivity contribution in [1.82, 2.24) is 15.5 Å². The van der Waals surface area contributed by atoms with E-state index >= 15 is 0 Å². The third-order valence-corrected chi connectivity index (χ3v) is 5.66. The number of likely N-dealkylation sites (tertiary alicyclic amines) is 1. The second-order valence-electron chi connectivity index (χ2n) is 8.68. The van der Waals surface area contributed by atoms with Gasteiger partial charge in [0.2, 0.25) is 0 Å². The zero-order chi connectivity index (χ0) is 19.5. The molecular formula is C21H42N4O2. The largest absolute Gasteiger partial charge is 0.396 e. The maximum absolute atomic E-state index is 9.31. The molecular weight excluding hydrogens is 340 g/mol. The summed E-state index contributed by atoms with van der Waals surface area (Å²) in [6, 6.07) is 0.500. The van der Waals surface area contributed by atoms with Gasteiger partial charge in [-0.05, 0) is 56.8 Å². The molecule has 158 valence electrons. The van der Waals surface area contributed by atoms with E-state index in [0.717, 1.165) is 64.1 Å². The number of aliphatic imine (C=N–C) groups is 1. The Labute approximate surface area is 166 Å². The first kappa shape index (κ1) is 22.4. The predicted octanol–water partition coefficient (Wildman–Crippen LogP) is 2.09. The van der Waals surface area contributed by atoms with Gasteiger partial charge in [-0.1, -0.05) is 13.8 Å². The molecule has 2 aliphatic heterocycles. The summed E-state index contributed by atoms with van der Waals surface area (Å²) in [5.74, 6) is 2.77. The fourth-order valence-corrected chi connectivity index (χ4v) is 4.22. The molecule has 0 spiro atoms. The van der Waals surface area contributed by atoms with E-state index in [1.165, 1.54) is 25.8 Å². The van der Waals surface area contributed by atoms with E-state index in [1.807, 2.05) is 0 Å². The molecule has 2 rings (SSSR count). The molecule has 0 aliphatic carbocycles. The maximum atomic E-state index is 9.31.